The van der Waals surface area contributed by atoms with Crippen molar-refractivity contribution in [3.05, 3.63) is 11.7 Å². The number of hydrogen-bond donors (Lipinski definition) is 1. The molecule has 6 heteroatoms. The van der Waals surface area contributed by atoms with Crippen LogP contribution in [0.5, 0.6) is 0 Å². The molecule has 0 aliphatic carbocycles. The summed E-state index contributed by atoms with van der Waals surface area (Å²) < 4.78 is 16.5. The zero-order chi connectivity index (χ0) is 14.3. The quantitative estimate of drug-likeness (QED) is 0.803. The fraction of sp³-hybridized carbons (Fsp3) is 0.867. The van der Waals surface area contributed by atoms with E-state index in [4.69, 9.17) is 14.0 Å². The van der Waals surface area contributed by atoms with Gasteiger partial charge in [0, 0.05) is 32.8 Å². The third kappa shape index (κ3) is 4.49. The molecule has 2 aliphatic heterocycles. The van der Waals surface area contributed by atoms with Crippen molar-refractivity contribution in [1.82, 2.24) is 15.5 Å². The fourth-order valence-corrected chi connectivity index (χ4v) is 2.92. The first-order valence-electron chi connectivity index (χ1n) is 8.10. The molecule has 2 fully saturated rings. The summed E-state index contributed by atoms with van der Waals surface area (Å²) in [4.78, 5) is 4.50. The van der Waals surface area contributed by atoms with Crippen LogP contribution in [0.1, 0.15) is 43.3 Å². The van der Waals surface area contributed by atoms with Crippen molar-refractivity contribution < 1.29 is 14.0 Å². The smallest absolute Gasteiger partial charge is 0.231 e. The molecule has 1 N–H and O–H groups in total. The summed E-state index contributed by atoms with van der Waals surface area (Å²) >= 11 is 0. The maximum Gasteiger partial charge on any atom is 0.231 e. The minimum Gasteiger partial charge on any atom is -0.381 e. The Morgan fingerprint density at radius 2 is 2.14 bits per heavy atom. The molecule has 0 radical (unpaired) electrons. The Kier molecular flexibility index (Phi) is 5.60. The highest BCUT2D eigenvalue weighted by molar-refractivity contribution is 4.96. The molecule has 2 saturated heterocycles. The van der Waals surface area contributed by atoms with Crippen LogP contribution in [-0.4, -0.2) is 49.7 Å². The molecule has 0 aromatic carbocycles. The average Bonchev–Trinajstić information content (AvgIpc) is 3.02. The molecule has 0 unspecified atom stereocenters. The number of ether oxygens (including phenoxy) is 2. The Morgan fingerprint density at radius 1 is 1.24 bits per heavy atom. The second-order valence-electron chi connectivity index (χ2n) is 5.97. The Labute approximate surface area is 125 Å². The predicted octanol–water partition coefficient (Wildman–Crippen LogP) is 1.52. The van der Waals surface area contributed by atoms with E-state index in [1.54, 1.807) is 0 Å². The fourth-order valence-electron chi connectivity index (χ4n) is 2.92. The van der Waals surface area contributed by atoms with Crippen molar-refractivity contribution in [3.8, 4) is 0 Å². The van der Waals surface area contributed by atoms with Gasteiger partial charge in [-0.2, -0.15) is 4.98 Å². The summed E-state index contributed by atoms with van der Waals surface area (Å²) in [5, 5.41) is 7.43. The van der Waals surface area contributed by atoms with Gasteiger partial charge in [0.15, 0.2) is 5.82 Å². The molecule has 2 aliphatic rings. The number of nitrogens with one attached hydrogen (secondary N) is 1. The molecule has 21 heavy (non-hydrogen) atoms. The predicted molar refractivity (Wildman–Crippen MR) is 77.2 cm³/mol. The zero-order valence-corrected chi connectivity index (χ0v) is 12.6. The molecule has 0 bridgehead atoms. The molecule has 1 atom stereocenters. The zero-order valence-electron chi connectivity index (χ0n) is 12.6. The third-order valence-electron chi connectivity index (χ3n) is 4.29. The molecule has 1 aromatic rings. The van der Waals surface area contributed by atoms with Crippen LogP contribution in [0.3, 0.4) is 0 Å². The van der Waals surface area contributed by atoms with Gasteiger partial charge in [-0.25, -0.2) is 0 Å². The molecule has 1 aromatic heterocycles. The maximum absolute atomic E-state index is 5.74. The molecule has 3 heterocycles. The van der Waals surface area contributed by atoms with E-state index in [9.17, 15) is 0 Å². The topological polar surface area (TPSA) is 69.4 Å². The van der Waals surface area contributed by atoms with Gasteiger partial charge in [0.05, 0.1) is 12.5 Å². The van der Waals surface area contributed by atoms with Crippen LogP contribution in [-0.2, 0) is 15.9 Å². The summed E-state index contributed by atoms with van der Waals surface area (Å²) in [6, 6.07) is 0. The van der Waals surface area contributed by atoms with E-state index in [0.717, 1.165) is 70.3 Å². The van der Waals surface area contributed by atoms with Crippen molar-refractivity contribution in [2.24, 2.45) is 5.92 Å². The van der Waals surface area contributed by atoms with Gasteiger partial charge in [-0.05, 0) is 38.1 Å². The lowest BCUT2D eigenvalue weighted by Crippen LogP contribution is -2.28. The van der Waals surface area contributed by atoms with Gasteiger partial charge >= 0.3 is 0 Å². The maximum atomic E-state index is 5.74. The third-order valence-corrected chi connectivity index (χ3v) is 4.29. The SMILES string of the molecule is C1CNC[C@@H](c2nc(CCOCC3CCOCC3)no2)C1. The summed E-state index contributed by atoms with van der Waals surface area (Å²) in [5.41, 5.74) is 0. The van der Waals surface area contributed by atoms with Crippen molar-refractivity contribution in [2.75, 3.05) is 39.5 Å². The lowest BCUT2D eigenvalue weighted by atomic mass is 10.00. The second kappa shape index (κ2) is 7.87. The first-order chi connectivity index (χ1) is 10.4. The summed E-state index contributed by atoms with van der Waals surface area (Å²) in [5.74, 6) is 2.57. The van der Waals surface area contributed by atoms with Crippen LogP contribution >= 0.6 is 0 Å². The summed E-state index contributed by atoms with van der Waals surface area (Å²) in [6.45, 7) is 5.27. The lowest BCUT2D eigenvalue weighted by molar-refractivity contribution is 0.0211. The Hall–Kier alpha value is -0.980. The van der Waals surface area contributed by atoms with Gasteiger partial charge in [0.25, 0.3) is 0 Å². The molecule has 0 saturated carbocycles. The first kappa shape index (κ1) is 14.9. The van der Waals surface area contributed by atoms with Crippen LogP contribution in [0.15, 0.2) is 4.52 Å². The average molecular weight is 295 g/mol. The Bertz CT molecular complexity index is 412. The highest BCUT2D eigenvalue weighted by Crippen LogP contribution is 2.21. The van der Waals surface area contributed by atoms with Crippen molar-refractivity contribution >= 4 is 0 Å². The van der Waals surface area contributed by atoms with Crippen LogP contribution in [0, 0.1) is 5.92 Å². The molecule has 6 nitrogen and oxygen atoms in total. The number of aromatic nitrogens is 2. The molecular formula is C15H25N3O3. The Balaban J connectivity index is 1.36. The van der Waals surface area contributed by atoms with Crippen LogP contribution in [0.25, 0.3) is 0 Å². The van der Waals surface area contributed by atoms with Crippen LogP contribution < -0.4 is 5.32 Å². The van der Waals surface area contributed by atoms with E-state index in [1.807, 2.05) is 0 Å². The second-order valence-corrected chi connectivity index (χ2v) is 5.97. The van der Waals surface area contributed by atoms with E-state index >= 15 is 0 Å². The molecule has 118 valence electrons. The number of nitrogens with zero attached hydrogens (tertiary/aromatic N) is 2. The first-order valence-corrected chi connectivity index (χ1v) is 8.10. The van der Waals surface area contributed by atoms with Crippen molar-refractivity contribution in [3.63, 3.8) is 0 Å². The molecular weight excluding hydrogens is 270 g/mol. The van der Waals surface area contributed by atoms with Crippen molar-refractivity contribution in [1.29, 1.82) is 0 Å². The van der Waals surface area contributed by atoms with Gasteiger partial charge in [-0.1, -0.05) is 5.16 Å². The lowest BCUT2D eigenvalue weighted by Gasteiger charge is -2.21. The number of rotatable bonds is 6. The molecule has 0 amide bonds. The van der Waals surface area contributed by atoms with E-state index in [0.29, 0.717) is 18.4 Å². The molecule has 0 spiro atoms. The van der Waals surface area contributed by atoms with Gasteiger partial charge in [-0.15, -0.1) is 0 Å². The normalized spacial score (nSPS) is 24.3. The highest BCUT2D eigenvalue weighted by Gasteiger charge is 2.21. The Morgan fingerprint density at radius 3 is 2.95 bits per heavy atom. The number of hydrogen-bond acceptors (Lipinski definition) is 6. The van der Waals surface area contributed by atoms with E-state index in [1.165, 1.54) is 6.42 Å². The van der Waals surface area contributed by atoms with E-state index < -0.39 is 0 Å². The van der Waals surface area contributed by atoms with Gasteiger partial charge in [0.2, 0.25) is 5.89 Å². The van der Waals surface area contributed by atoms with Crippen molar-refractivity contribution in [2.45, 2.75) is 38.0 Å². The minimum absolute atomic E-state index is 0.378. The van der Waals surface area contributed by atoms with Crippen LogP contribution in [0.2, 0.25) is 0 Å². The summed E-state index contributed by atoms with van der Waals surface area (Å²) in [7, 11) is 0. The standard InChI is InChI=1S/C15H25N3O3/c1-2-13(10-16-6-1)15-17-14(18-21-15)5-9-20-11-12-3-7-19-8-4-12/h12-13,16H,1-11H2/t13-/m0/s1. The molecule has 3 rings (SSSR count). The highest BCUT2D eigenvalue weighted by atomic mass is 16.5. The minimum atomic E-state index is 0.378. The summed E-state index contributed by atoms with van der Waals surface area (Å²) in [6.07, 6.45) is 5.26. The van der Waals surface area contributed by atoms with Gasteiger partial charge in [0.1, 0.15) is 0 Å². The monoisotopic (exact) mass is 295 g/mol. The van der Waals surface area contributed by atoms with Crippen LogP contribution in [0.4, 0.5) is 0 Å². The van der Waals surface area contributed by atoms with Gasteiger partial charge in [-0.3, -0.25) is 0 Å². The van der Waals surface area contributed by atoms with E-state index in [-0.39, 0.29) is 0 Å². The van der Waals surface area contributed by atoms with E-state index in [2.05, 4.69) is 15.5 Å². The van der Waals surface area contributed by atoms with Gasteiger partial charge < -0.3 is 19.3 Å². The largest absolute Gasteiger partial charge is 0.381 e. The number of piperidine rings is 1.